The second-order valence-corrected chi connectivity index (χ2v) is 7.44. The number of benzene rings is 1. The lowest BCUT2D eigenvalue weighted by atomic mass is 10.2. The number of amides is 1. The van der Waals surface area contributed by atoms with Gasteiger partial charge in [-0.1, -0.05) is 23.8 Å². The first-order valence-corrected chi connectivity index (χ1v) is 9.08. The van der Waals surface area contributed by atoms with Gasteiger partial charge in [0.05, 0.1) is 10.5 Å². The van der Waals surface area contributed by atoms with Crippen molar-refractivity contribution in [1.82, 2.24) is 14.3 Å². The van der Waals surface area contributed by atoms with E-state index in [-0.39, 0.29) is 16.4 Å². The van der Waals surface area contributed by atoms with Crippen LogP contribution in [0.1, 0.15) is 21.5 Å². The Kier molecular flexibility index (Phi) is 4.67. The molecule has 6 nitrogen and oxygen atoms in total. The molecular weight excluding hydrogens is 338 g/mol. The third-order valence-corrected chi connectivity index (χ3v) is 5.35. The van der Waals surface area contributed by atoms with Gasteiger partial charge in [0.15, 0.2) is 0 Å². The molecule has 3 aromatic rings. The maximum atomic E-state index is 12.6. The van der Waals surface area contributed by atoms with Gasteiger partial charge < -0.3 is 5.32 Å². The molecule has 0 radical (unpaired) electrons. The summed E-state index contributed by atoms with van der Waals surface area (Å²) in [7, 11) is -3.71. The molecule has 1 amide bonds. The minimum atomic E-state index is -3.71. The molecule has 0 aliphatic rings. The summed E-state index contributed by atoms with van der Waals surface area (Å²) in [5.41, 5.74) is 2.11. The number of carbonyl (C=O) groups is 1. The van der Waals surface area contributed by atoms with E-state index in [1.807, 2.05) is 13.0 Å². The minimum absolute atomic E-state index is 0.177. The molecule has 0 spiro atoms. The van der Waals surface area contributed by atoms with Gasteiger partial charge in [-0.25, -0.2) is 12.4 Å². The molecule has 3 rings (SSSR count). The summed E-state index contributed by atoms with van der Waals surface area (Å²) in [6.07, 6.45) is 6.00. The van der Waals surface area contributed by atoms with Gasteiger partial charge in [0.25, 0.3) is 15.9 Å². The SMILES string of the molecule is Cc1ccc(S(=O)(=O)n2ccc(C(=O)NCc3cccnc3)c2)cc1. The Morgan fingerprint density at radius 1 is 1.16 bits per heavy atom. The third-order valence-electron chi connectivity index (χ3n) is 3.70. The molecule has 0 saturated heterocycles. The van der Waals surface area contributed by atoms with Crippen molar-refractivity contribution in [2.45, 2.75) is 18.4 Å². The van der Waals surface area contributed by atoms with E-state index in [0.717, 1.165) is 15.1 Å². The van der Waals surface area contributed by atoms with Gasteiger partial charge in [-0.2, -0.15) is 0 Å². The van der Waals surface area contributed by atoms with Crippen LogP contribution >= 0.6 is 0 Å². The van der Waals surface area contributed by atoms with Crippen LogP contribution in [0.4, 0.5) is 0 Å². The van der Waals surface area contributed by atoms with E-state index in [0.29, 0.717) is 6.54 Å². The molecule has 1 aromatic carbocycles. The zero-order valence-corrected chi connectivity index (χ0v) is 14.4. The van der Waals surface area contributed by atoms with E-state index in [1.54, 1.807) is 42.7 Å². The standard InChI is InChI=1S/C18H17N3O3S/c1-14-4-6-17(7-5-14)25(23,24)21-10-8-16(13-21)18(22)20-12-15-3-2-9-19-11-15/h2-11,13H,12H2,1H3,(H,20,22). The van der Waals surface area contributed by atoms with Crippen molar-refractivity contribution in [3.8, 4) is 0 Å². The van der Waals surface area contributed by atoms with E-state index in [2.05, 4.69) is 10.3 Å². The Hall–Kier alpha value is -2.93. The maximum Gasteiger partial charge on any atom is 0.267 e. The molecule has 25 heavy (non-hydrogen) atoms. The first-order chi connectivity index (χ1) is 12.0. The highest BCUT2D eigenvalue weighted by atomic mass is 32.2. The second-order valence-electron chi connectivity index (χ2n) is 5.59. The molecule has 0 aliphatic carbocycles. The Morgan fingerprint density at radius 3 is 2.60 bits per heavy atom. The highest BCUT2D eigenvalue weighted by Crippen LogP contribution is 2.16. The van der Waals surface area contributed by atoms with Gasteiger partial charge in [-0.05, 0) is 36.8 Å². The number of aromatic nitrogens is 2. The van der Waals surface area contributed by atoms with Gasteiger partial charge in [0.1, 0.15) is 0 Å². The van der Waals surface area contributed by atoms with Crippen LogP contribution < -0.4 is 5.32 Å². The number of nitrogens with zero attached hydrogens (tertiary/aromatic N) is 2. The van der Waals surface area contributed by atoms with Crippen molar-refractivity contribution in [2.24, 2.45) is 0 Å². The van der Waals surface area contributed by atoms with Crippen molar-refractivity contribution in [1.29, 1.82) is 0 Å². The second kappa shape index (κ2) is 6.90. The molecule has 2 aromatic heterocycles. The lowest BCUT2D eigenvalue weighted by molar-refractivity contribution is 0.0951. The predicted molar refractivity (Wildman–Crippen MR) is 93.6 cm³/mol. The smallest absolute Gasteiger partial charge is 0.267 e. The van der Waals surface area contributed by atoms with Crippen LogP contribution in [0.15, 0.2) is 72.1 Å². The van der Waals surface area contributed by atoms with Gasteiger partial charge in [0, 0.05) is 31.3 Å². The van der Waals surface area contributed by atoms with Gasteiger partial charge >= 0.3 is 0 Å². The Bertz CT molecular complexity index is 978. The predicted octanol–water partition coefficient (Wildman–Crippen LogP) is 2.36. The van der Waals surface area contributed by atoms with Crippen LogP contribution in [0.5, 0.6) is 0 Å². The van der Waals surface area contributed by atoms with Gasteiger partial charge in [-0.15, -0.1) is 0 Å². The summed E-state index contributed by atoms with van der Waals surface area (Å²) in [6.45, 7) is 2.21. The Morgan fingerprint density at radius 2 is 1.92 bits per heavy atom. The molecule has 2 heterocycles. The number of pyridine rings is 1. The highest BCUT2D eigenvalue weighted by Gasteiger charge is 2.18. The number of rotatable bonds is 5. The average Bonchev–Trinajstić information content (AvgIpc) is 3.12. The number of nitrogens with one attached hydrogen (secondary N) is 1. The molecule has 0 atom stereocenters. The monoisotopic (exact) mass is 355 g/mol. The maximum absolute atomic E-state index is 12.6. The van der Waals surface area contributed by atoms with Crippen LogP contribution in [0, 0.1) is 6.92 Å². The number of aryl methyl sites for hydroxylation is 1. The molecule has 0 bridgehead atoms. The van der Waals surface area contributed by atoms with E-state index >= 15 is 0 Å². The van der Waals surface area contributed by atoms with Gasteiger partial charge in [-0.3, -0.25) is 9.78 Å². The van der Waals surface area contributed by atoms with Crippen LogP contribution in [-0.4, -0.2) is 23.3 Å². The molecule has 0 aliphatic heterocycles. The first-order valence-electron chi connectivity index (χ1n) is 7.64. The van der Waals surface area contributed by atoms with Crippen LogP contribution in [0.25, 0.3) is 0 Å². The van der Waals surface area contributed by atoms with Gasteiger partial charge in [0.2, 0.25) is 0 Å². The zero-order valence-electron chi connectivity index (χ0n) is 13.6. The Labute approximate surface area is 146 Å². The van der Waals surface area contributed by atoms with Crippen LogP contribution in [0.2, 0.25) is 0 Å². The molecule has 1 N–H and O–H groups in total. The summed E-state index contributed by atoms with van der Waals surface area (Å²) in [5.74, 6) is -0.346. The molecule has 0 unspecified atom stereocenters. The van der Waals surface area contributed by atoms with E-state index < -0.39 is 10.0 Å². The number of carbonyl (C=O) groups excluding carboxylic acids is 1. The van der Waals surface area contributed by atoms with Crippen molar-refractivity contribution in [3.63, 3.8) is 0 Å². The van der Waals surface area contributed by atoms with E-state index in [9.17, 15) is 13.2 Å². The number of hydrogen-bond acceptors (Lipinski definition) is 4. The fourth-order valence-corrected chi connectivity index (χ4v) is 3.48. The topological polar surface area (TPSA) is 81.1 Å². The molecule has 0 saturated carbocycles. The Balaban J connectivity index is 1.75. The van der Waals surface area contributed by atoms with Crippen molar-refractivity contribution >= 4 is 15.9 Å². The normalized spacial score (nSPS) is 11.2. The summed E-state index contributed by atoms with van der Waals surface area (Å²) >= 11 is 0. The average molecular weight is 355 g/mol. The van der Waals surface area contributed by atoms with Crippen LogP contribution in [0.3, 0.4) is 0 Å². The molecule has 128 valence electrons. The van der Waals surface area contributed by atoms with Crippen molar-refractivity contribution in [2.75, 3.05) is 0 Å². The van der Waals surface area contributed by atoms with E-state index in [1.165, 1.54) is 18.5 Å². The first kappa shape index (κ1) is 16.9. The fourth-order valence-electron chi connectivity index (χ4n) is 2.28. The third kappa shape index (κ3) is 3.77. The molecule has 0 fully saturated rings. The fraction of sp³-hybridized carbons (Fsp3) is 0.111. The largest absolute Gasteiger partial charge is 0.348 e. The summed E-state index contributed by atoms with van der Waals surface area (Å²) < 4.78 is 26.2. The van der Waals surface area contributed by atoms with Crippen LogP contribution in [-0.2, 0) is 16.6 Å². The number of hydrogen-bond donors (Lipinski definition) is 1. The highest BCUT2D eigenvalue weighted by molar-refractivity contribution is 7.90. The van der Waals surface area contributed by atoms with E-state index in [4.69, 9.17) is 0 Å². The summed E-state index contributed by atoms with van der Waals surface area (Å²) in [5, 5.41) is 2.74. The zero-order chi connectivity index (χ0) is 17.9. The molecule has 7 heteroatoms. The quantitative estimate of drug-likeness (QED) is 0.762. The lowest BCUT2D eigenvalue weighted by Crippen LogP contribution is -2.22. The van der Waals surface area contributed by atoms with Crippen molar-refractivity contribution in [3.05, 3.63) is 83.9 Å². The van der Waals surface area contributed by atoms with Crippen molar-refractivity contribution < 1.29 is 13.2 Å². The minimum Gasteiger partial charge on any atom is -0.348 e. The summed E-state index contributed by atoms with van der Waals surface area (Å²) in [6, 6.07) is 11.7. The lowest BCUT2D eigenvalue weighted by Gasteiger charge is -2.06. The molecular formula is C18H17N3O3S. The summed E-state index contributed by atoms with van der Waals surface area (Å²) in [4.78, 5) is 16.4.